The summed E-state index contributed by atoms with van der Waals surface area (Å²) in [5.74, 6) is -0.0549. The van der Waals surface area contributed by atoms with E-state index in [9.17, 15) is 9.59 Å². The number of carbonyl (C=O) groups is 2. The Kier molecular flexibility index (Phi) is 3.52. The van der Waals surface area contributed by atoms with E-state index in [1.165, 1.54) is 6.92 Å². The lowest BCUT2D eigenvalue weighted by molar-refractivity contribution is -0.114. The van der Waals surface area contributed by atoms with Crippen LogP contribution in [0.5, 0.6) is 0 Å². The molecule has 0 radical (unpaired) electrons. The fourth-order valence-corrected chi connectivity index (χ4v) is 2.62. The molecule has 1 heterocycles. The van der Waals surface area contributed by atoms with Gasteiger partial charge >= 0.3 is 6.03 Å². The van der Waals surface area contributed by atoms with Crippen molar-refractivity contribution in [2.45, 2.75) is 19.9 Å². The standard InChI is InChI=1S/C13H13BrN2O2/c1-7-11(8(2)17)12(16-13(18)15-7)9-5-3-4-6-10(9)14/h3-6,12H,1-2H3,(H2,15,16,18). The monoisotopic (exact) mass is 308 g/mol. The molecule has 0 bridgehead atoms. The highest BCUT2D eigenvalue weighted by Crippen LogP contribution is 2.31. The normalized spacial score (nSPS) is 19.3. The molecule has 4 nitrogen and oxygen atoms in total. The number of halogens is 1. The second-order valence-electron chi connectivity index (χ2n) is 4.15. The molecule has 0 aromatic heterocycles. The Bertz CT molecular complexity index is 552. The van der Waals surface area contributed by atoms with Crippen LogP contribution >= 0.6 is 15.9 Å². The molecule has 1 atom stereocenters. The summed E-state index contributed by atoms with van der Waals surface area (Å²) >= 11 is 3.44. The van der Waals surface area contributed by atoms with Crippen LogP contribution in [-0.4, -0.2) is 11.8 Å². The Morgan fingerprint density at radius 3 is 2.61 bits per heavy atom. The number of rotatable bonds is 2. The summed E-state index contributed by atoms with van der Waals surface area (Å²) in [5.41, 5.74) is 2.06. The van der Waals surface area contributed by atoms with E-state index in [0.29, 0.717) is 11.3 Å². The van der Waals surface area contributed by atoms with Gasteiger partial charge in [0.25, 0.3) is 0 Å². The number of allylic oxidation sites excluding steroid dienone is 1. The highest BCUT2D eigenvalue weighted by atomic mass is 79.9. The van der Waals surface area contributed by atoms with E-state index in [0.717, 1.165) is 10.0 Å². The lowest BCUT2D eigenvalue weighted by Crippen LogP contribution is -2.44. The highest BCUT2D eigenvalue weighted by Gasteiger charge is 2.29. The van der Waals surface area contributed by atoms with Gasteiger partial charge in [-0.15, -0.1) is 0 Å². The van der Waals surface area contributed by atoms with E-state index in [1.807, 2.05) is 24.3 Å². The number of ketones is 1. The third kappa shape index (κ3) is 2.31. The molecule has 1 aliphatic heterocycles. The third-order valence-electron chi connectivity index (χ3n) is 2.86. The summed E-state index contributed by atoms with van der Waals surface area (Å²) in [6.07, 6.45) is 0. The van der Waals surface area contributed by atoms with Crippen molar-refractivity contribution in [1.82, 2.24) is 10.6 Å². The van der Waals surface area contributed by atoms with E-state index < -0.39 is 6.04 Å². The van der Waals surface area contributed by atoms with E-state index in [1.54, 1.807) is 6.92 Å². The SMILES string of the molecule is CC(=O)C1=C(C)NC(=O)NC1c1ccccc1Br. The second kappa shape index (κ2) is 4.94. The molecule has 1 aromatic rings. The molecule has 2 N–H and O–H groups in total. The van der Waals surface area contributed by atoms with Crippen molar-refractivity contribution in [2.75, 3.05) is 0 Å². The summed E-state index contributed by atoms with van der Waals surface area (Å²) in [6.45, 7) is 3.24. The van der Waals surface area contributed by atoms with Gasteiger partial charge in [-0.3, -0.25) is 4.79 Å². The predicted octanol–water partition coefficient (Wildman–Crippen LogP) is 2.67. The molecular weight excluding hydrogens is 296 g/mol. The smallest absolute Gasteiger partial charge is 0.319 e. The summed E-state index contributed by atoms with van der Waals surface area (Å²) in [5, 5.41) is 5.40. The van der Waals surface area contributed by atoms with E-state index >= 15 is 0 Å². The van der Waals surface area contributed by atoms with Crippen LogP contribution in [0.4, 0.5) is 4.79 Å². The van der Waals surface area contributed by atoms with Gasteiger partial charge in [0.15, 0.2) is 5.78 Å². The van der Waals surface area contributed by atoms with E-state index in [4.69, 9.17) is 0 Å². The van der Waals surface area contributed by atoms with Gasteiger partial charge in [0.1, 0.15) is 0 Å². The van der Waals surface area contributed by atoms with E-state index in [2.05, 4.69) is 26.6 Å². The molecule has 0 aliphatic carbocycles. The number of urea groups is 1. The summed E-state index contributed by atoms with van der Waals surface area (Å²) in [4.78, 5) is 23.3. The summed E-state index contributed by atoms with van der Waals surface area (Å²) in [7, 11) is 0. The fourth-order valence-electron chi connectivity index (χ4n) is 2.10. The lowest BCUT2D eigenvalue weighted by Gasteiger charge is -2.28. The number of carbonyl (C=O) groups excluding carboxylic acids is 2. The molecule has 0 fully saturated rings. The van der Waals surface area contributed by atoms with Crippen LogP contribution in [0.3, 0.4) is 0 Å². The fraction of sp³-hybridized carbons (Fsp3) is 0.231. The summed E-state index contributed by atoms with van der Waals surface area (Å²) in [6, 6.07) is 6.83. The Labute approximate surface area is 114 Å². The molecule has 18 heavy (non-hydrogen) atoms. The molecule has 1 aliphatic rings. The largest absolute Gasteiger partial charge is 0.327 e. The van der Waals surface area contributed by atoms with Crippen molar-refractivity contribution in [3.05, 3.63) is 45.6 Å². The van der Waals surface area contributed by atoms with Crippen molar-refractivity contribution in [3.63, 3.8) is 0 Å². The number of amides is 2. The number of hydrogen-bond acceptors (Lipinski definition) is 2. The van der Waals surface area contributed by atoms with Crippen LogP contribution in [0.15, 0.2) is 40.0 Å². The molecule has 0 saturated carbocycles. The van der Waals surface area contributed by atoms with Gasteiger partial charge in [-0.05, 0) is 25.5 Å². The van der Waals surface area contributed by atoms with Crippen molar-refractivity contribution in [1.29, 1.82) is 0 Å². The Morgan fingerprint density at radius 2 is 2.00 bits per heavy atom. The number of benzene rings is 1. The number of hydrogen-bond donors (Lipinski definition) is 2. The van der Waals surface area contributed by atoms with Crippen LogP contribution in [0.2, 0.25) is 0 Å². The third-order valence-corrected chi connectivity index (χ3v) is 3.59. The van der Waals surface area contributed by atoms with E-state index in [-0.39, 0.29) is 11.8 Å². The van der Waals surface area contributed by atoms with Crippen LogP contribution in [0, 0.1) is 0 Å². The zero-order valence-electron chi connectivity index (χ0n) is 10.1. The Morgan fingerprint density at radius 1 is 1.33 bits per heavy atom. The zero-order valence-corrected chi connectivity index (χ0v) is 11.7. The molecule has 1 unspecified atom stereocenters. The lowest BCUT2D eigenvalue weighted by atomic mass is 9.93. The molecular formula is C13H13BrN2O2. The van der Waals surface area contributed by atoms with Gasteiger partial charge in [-0.1, -0.05) is 34.1 Å². The van der Waals surface area contributed by atoms with Crippen molar-refractivity contribution >= 4 is 27.7 Å². The van der Waals surface area contributed by atoms with Crippen LogP contribution < -0.4 is 10.6 Å². The van der Waals surface area contributed by atoms with Crippen molar-refractivity contribution in [3.8, 4) is 0 Å². The minimum atomic E-state index is -0.410. The maximum absolute atomic E-state index is 11.7. The maximum Gasteiger partial charge on any atom is 0.319 e. The minimum absolute atomic E-state index is 0.0549. The molecule has 94 valence electrons. The first-order valence-electron chi connectivity index (χ1n) is 5.54. The Balaban J connectivity index is 2.54. The first-order chi connectivity index (χ1) is 8.50. The molecule has 0 saturated heterocycles. The zero-order chi connectivity index (χ0) is 13.3. The van der Waals surface area contributed by atoms with Gasteiger partial charge in [0.2, 0.25) is 0 Å². The molecule has 1 aromatic carbocycles. The summed E-state index contributed by atoms with van der Waals surface area (Å²) < 4.78 is 0.865. The van der Waals surface area contributed by atoms with Gasteiger partial charge < -0.3 is 10.6 Å². The average molecular weight is 309 g/mol. The van der Waals surface area contributed by atoms with Crippen LogP contribution in [0.25, 0.3) is 0 Å². The van der Waals surface area contributed by atoms with Gasteiger partial charge in [-0.25, -0.2) is 4.79 Å². The second-order valence-corrected chi connectivity index (χ2v) is 5.00. The first kappa shape index (κ1) is 12.8. The molecule has 2 amide bonds. The first-order valence-corrected chi connectivity index (χ1v) is 6.33. The number of Topliss-reactive ketones (excluding diaryl/α,β-unsaturated/α-hetero) is 1. The van der Waals surface area contributed by atoms with Gasteiger partial charge in [0, 0.05) is 15.7 Å². The quantitative estimate of drug-likeness (QED) is 0.882. The van der Waals surface area contributed by atoms with Crippen molar-refractivity contribution in [2.24, 2.45) is 0 Å². The molecule has 2 rings (SSSR count). The van der Waals surface area contributed by atoms with Crippen molar-refractivity contribution < 1.29 is 9.59 Å². The van der Waals surface area contributed by atoms with Gasteiger partial charge in [0.05, 0.1) is 6.04 Å². The van der Waals surface area contributed by atoms with Gasteiger partial charge in [-0.2, -0.15) is 0 Å². The molecule has 5 heteroatoms. The molecule has 0 spiro atoms. The maximum atomic E-state index is 11.7. The number of nitrogens with one attached hydrogen (secondary N) is 2. The highest BCUT2D eigenvalue weighted by molar-refractivity contribution is 9.10. The predicted molar refractivity (Wildman–Crippen MR) is 71.9 cm³/mol. The topological polar surface area (TPSA) is 58.2 Å². The average Bonchev–Trinajstić information content (AvgIpc) is 2.27. The Hall–Kier alpha value is -1.62. The van der Waals surface area contributed by atoms with Crippen LogP contribution in [-0.2, 0) is 4.79 Å². The minimum Gasteiger partial charge on any atom is -0.327 e. The van der Waals surface area contributed by atoms with Crippen LogP contribution in [0.1, 0.15) is 25.5 Å².